The number of carbonyl (C=O) groups excluding carboxylic acids is 1. The van der Waals surface area contributed by atoms with Gasteiger partial charge in [-0.1, -0.05) is 6.92 Å². The van der Waals surface area contributed by atoms with Crippen LogP contribution in [0.2, 0.25) is 0 Å². The van der Waals surface area contributed by atoms with Crippen LogP contribution in [0.3, 0.4) is 0 Å². The summed E-state index contributed by atoms with van der Waals surface area (Å²) >= 11 is 0. The second kappa shape index (κ2) is 6.87. The molecule has 1 heterocycles. The third-order valence-electron chi connectivity index (χ3n) is 2.85. The van der Waals surface area contributed by atoms with Crippen LogP contribution in [0, 0.1) is 0 Å². The lowest BCUT2D eigenvalue weighted by Crippen LogP contribution is -2.32. The lowest BCUT2D eigenvalue weighted by Gasteiger charge is -2.12. The van der Waals surface area contributed by atoms with Gasteiger partial charge in [0, 0.05) is 26.4 Å². The van der Waals surface area contributed by atoms with E-state index < -0.39 is 10.0 Å². The normalized spacial score (nSPS) is 13.2. The molecule has 20 heavy (non-hydrogen) atoms. The minimum absolute atomic E-state index is 0.0594. The van der Waals surface area contributed by atoms with Gasteiger partial charge < -0.3 is 14.6 Å². The predicted octanol–water partition coefficient (Wildman–Crippen LogP) is 0.310. The molecule has 8 heteroatoms. The maximum absolute atomic E-state index is 12.1. The number of rotatable bonds is 7. The van der Waals surface area contributed by atoms with E-state index in [1.165, 1.54) is 12.3 Å². The van der Waals surface area contributed by atoms with E-state index in [1.807, 2.05) is 13.8 Å². The van der Waals surface area contributed by atoms with Gasteiger partial charge in [0.2, 0.25) is 10.0 Å². The zero-order valence-electron chi connectivity index (χ0n) is 11.9. The van der Waals surface area contributed by atoms with Gasteiger partial charge in [-0.2, -0.15) is 0 Å². The number of hydrogen-bond donors (Lipinski definition) is 2. The van der Waals surface area contributed by atoms with Crippen molar-refractivity contribution in [2.24, 2.45) is 5.14 Å². The van der Waals surface area contributed by atoms with Crippen molar-refractivity contribution in [1.82, 2.24) is 9.88 Å². The molecule has 0 radical (unpaired) electrons. The molecular weight excluding hydrogens is 282 g/mol. The monoisotopic (exact) mass is 303 g/mol. The van der Waals surface area contributed by atoms with Gasteiger partial charge >= 0.3 is 0 Å². The Bertz CT molecular complexity index is 565. The highest BCUT2D eigenvalue weighted by molar-refractivity contribution is 7.89. The summed E-state index contributed by atoms with van der Waals surface area (Å²) in [4.78, 5) is 12.0. The maximum atomic E-state index is 12.1. The first kappa shape index (κ1) is 16.7. The van der Waals surface area contributed by atoms with Crippen LogP contribution >= 0.6 is 0 Å². The van der Waals surface area contributed by atoms with Crippen molar-refractivity contribution in [2.75, 3.05) is 13.7 Å². The van der Waals surface area contributed by atoms with Crippen LogP contribution in [0.1, 0.15) is 30.8 Å². The molecule has 3 N–H and O–H groups in total. The van der Waals surface area contributed by atoms with Crippen molar-refractivity contribution in [3.05, 3.63) is 18.0 Å². The highest BCUT2D eigenvalue weighted by Crippen LogP contribution is 2.14. The van der Waals surface area contributed by atoms with Gasteiger partial charge in [-0.25, -0.2) is 13.6 Å². The highest BCUT2D eigenvalue weighted by atomic mass is 32.2. The Balaban J connectivity index is 2.97. The predicted molar refractivity (Wildman–Crippen MR) is 74.9 cm³/mol. The molecule has 0 aliphatic carbocycles. The van der Waals surface area contributed by atoms with Crippen LogP contribution in [0.5, 0.6) is 0 Å². The molecule has 0 aliphatic rings. The molecule has 0 bridgehead atoms. The molecule has 1 aromatic rings. The zero-order valence-corrected chi connectivity index (χ0v) is 12.7. The Morgan fingerprint density at radius 2 is 2.20 bits per heavy atom. The van der Waals surface area contributed by atoms with Crippen molar-refractivity contribution in [3.8, 4) is 0 Å². The number of nitrogens with two attached hydrogens (primary N) is 1. The van der Waals surface area contributed by atoms with Crippen LogP contribution in [0.15, 0.2) is 17.2 Å². The number of methoxy groups -OCH3 is 1. The summed E-state index contributed by atoms with van der Waals surface area (Å²) in [5.74, 6) is -0.350. The second-order valence-corrected chi connectivity index (χ2v) is 6.12. The molecule has 114 valence electrons. The minimum atomic E-state index is -3.82. The van der Waals surface area contributed by atoms with Crippen LogP contribution < -0.4 is 10.5 Å². The van der Waals surface area contributed by atoms with Gasteiger partial charge in [-0.05, 0) is 19.4 Å². The van der Waals surface area contributed by atoms with Crippen LogP contribution in [0.4, 0.5) is 0 Å². The molecule has 7 nitrogen and oxygen atoms in total. The molecule has 1 amide bonds. The SMILES string of the molecule is CCCn1cc(S(N)(=O)=O)cc1C(=O)NCC(C)OC. The smallest absolute Gasteiger partial charge is 0.268 e. The Hall–Kier alpha value is -1.38. The number of carbonyl (C=O) groups is 1. The van der Waals surface area contributed by atoms with Gasteiger partial charge in [0.05, 0.1) is 6.10 Å². The fraction of sp³-hybridized carbons (Fsp3) is 0.583. The Morgan fingerprint density at radius 1 is 1.55 bits per heavy atom. The Kier molecular flexibility index (Phi) is 5.73. The molecule has 0 fully saturated rings. The maximum Gasteiger partial charge on any atom is 0.268 e. The Labute approximate surface area is 119 Å². The van der Waals surface area contributed by atoms with Gasteiger partial charge in [0.25, 0.3) is 5.91 Å². The molecule has 0 aromatic carbocycles. The van der Waals surface area contributed by atoms with Crippen molar-refractivity contribution in [3.63, 3.8) is 0 Å². The van der Waals surface area contributed by atoms with E-state index in [0.29, 0.717) is 13.1 Å². The lowest BCUT2D eigenvalue weighted by molar-refractivity contribution is 0.0862. The molecule has 0 spiro atoms. The van der Waals surface area contributed by atoms with Gasteiger partial charge in [0.1, 0.15) is 10.6 Å². The number of nitrogens with one attached hydrogen (secondary N) is 1. The fourth-order valence-electron chi connectivity index (χ4n) is 1.67. The number of aryl methyl sites for hydroxylation is 1. The van der Waals surface area contributed by atoms with Crippen molar-refractivity contribution in [1.29, 1.82) is 0 Å². The summed E-state index contributed by atoms with van der Waals surface area (Å²) in [6.45, 7) is 4.64. The molecule has 1 atom stereocenters. The number of ether oxygens (including phenoxy) is 1. The summed E-state index contributed by atoms with van der Waals surface area (Å²) in [6, 6.07) is 1.29. The molecule has 0 aliphatic heterocycles. The van der Waals surface area contributed by atoms with E-state index in [1.54, 1.807) is 11.7 Å². The van der Waals surface area contributed by atoms with Crippen molar-refractivity contribution in [2.45, 2.75) is 37.8 Å². The van der Waals surface area contributed by atoms with E-state index in [2.05, 4.69) is 5.32 Å². The van der Waals surface area contributed by atoms with Crippen molar-refractivity contribution >= 4 is 15.9 Å². The third kappa shape index (κ3) is 4.32. The summed E-state index contributed by atoms with van der Waals surface area (Å²) in [5, 5.41) is 7.78. The quantitative estimate of drug-likeness (QED) is 0.756. The first-order valence-corrected chi connectivity index (χ1v) is 7.88. The number of sulfonamides is 1. The summed E-state index contributed by atoms with van der Waals surface area (Å²) in [7, 11) is -2.27. The van der Waals surface area contributed by atoms with E-state index in [4.69, 9.17) is 9.88 Å². The number of primary sulfonamides is 1. The number of nitrogens with zero attached hydrogens (tertiary/aromatic N) is 1. The van der Waals surface area contributed by atoms with Crippen LogP contribution in [0.25, 0.3) is 0 Å². The zero-order chi connectivity index (χ0) is 15.3. The molecule has 1 aromatic heterocycles. The van der Waals surface area contributed by atoms with Crippen LogP contribution in [-0.4, -0.2) is 38.7 Å². The highest BCUT2D eigenvalue weighted by Gasteiger charge is 2.18. The van der Waals surface area contributed by atoms with Gasteiger partial charge in [-0.3, -0.25) is 4.79 Å². The first-order valence-electron chi connectivity index (χ1n) is 6.33. The summed E-state index contributed by atoms with van der Waals surface area (Å²) in [6.07, 6.45) is 2.03. The van der Waals surface area contributed by atoms with Gasteiger partial charge in [-0.15, -0.1) is 0 Å². The second-order valence-electron chi connectivity index (χ2n) is 4.56. The molecule has 0 saturated heterocycles. The van der Waals surface area contributed by atoms with Gasteiger partial charge in [0.15, 0.2) is 0 Å². The molecular formula is C12H21N3O4S. The summed E-state index contributed by atoms with van der Waals surface area (Å²) < 4.78 is 29.3. The summed E-state index contributed by atoms with van der Waals surface area (Å²) in [5.41, 5.74) is 0.277. The van der Waals surface area contributed by atoms with E-state index in [-0.39, 0.29) is 22.6 Å². The largest absolute Gasteiger partial charge is 0.380 e. The molecule has 0 saturated carbocycles. The van der Waals surface area contributed by atoms with Crippen LogP contribution in [-0.2, 0) is 21.3 Å². The fourth-order valence-corrected chi connectivity index (χ4v) is 2.22. The number of hydrogen-bond acceptors (Lipinski definition) is 4. The van der Waals surface area contributed by atoms with E-state index >= 15 is 0 Å². The Morgan fingerprint density at radius 3 is 2.70 bits per heavy atom. The number of aromatic nitrogens is 1. The standard InChI is InChI=1S/C12H21N3O4S/c1-4-5-15-8-10(20(13,17)18)6-11(15)12(16)14-7-9(2)19-3/h6,8-9H,4-5,7H2,1-3H3,(H,14,16)(H2,13,17,18). The lowest BCUT2D eigenvalue weighted by atomic mass is 10.3. The third-order valence-corrected chi connectivity index (χ3v) is 3.73. The van der Waals surface area contributed by atoms with E-state index in [9.17, 15) is 13.2 Å². The van der Waals surface area contributed by atoms with E-state index in [0.717, 1.165) is 6.42 Å². The molecule has 1 unspecified atom stereocenters. The minimum Gasteiger partial charge on any atom is -0.380 e. The topological polar surface area (TPSA) is 103 Å². The average Bonchev–Trinajstić information content (AvgIpc) is 2.80. The van der Waals surface area contributed by atoms with Crippen molar-refractivity contribution < 1.29 is 17.9 Å². The molecule has 1 rings (SSSR count). The average molecular weight is 303 g/mol. The number of amides is 1. The first-order chi connectivity index (χ1) is 9.29.